The number of benzene rings is 1. The minimum Gasteiger partial charge on any atom is -0.390 e. The molecule has 8 atom stereocenters. The standard InChI is InChI=1S/C22H29FO4.C14H22N2O.CH4/c1-12-9-17-16-6-5-14-10-15(25)7-8-19(14,3)21(16,23)18(26)11-20(17,4)22(12,27)13(2)24;1-5-16(6-2)10-13(17)15-14-11(3)8-7-9-12(14)4;/h7-8,10,12,16-18,26-27H,5-6,9,11H2,1-4H3;7-9H,5-6,10H2,1-4H3,(H,15,17);1H4/t12-,16?,17+,18+,19?,20?,21+,22+;;/m1../s1. The number of hydrogen-bond acceptors (Lipinski definition) is 6. The number of nitrogens with zero attached hydrogens (tertiary/aromatic N) is 1. The highest BCUT2D eigenvalue weighted by molar-refractivity contribution is 6.01. The van der Waals surface area contributed by atoms with E-state index in [1.54, 1.807) is 13.0 Å². The summed E-state index contributed by atoms with van der Waals surface area (Å²) in [6, 6.07) is 6.03. The average Bonchev–Trinajstić information content (AvgIpc) is 3.17. The van der Waals surface area contributed by atoms with E-state index in [0.717, 1.165) is 35.5 Å². The number of nitrogens with one attached hydrogen (secondary N) is 1. The molecule has 5 rings (SSSR count). The monoisotopic (exact) mass is 626 g/mol. The summed E-state index contributed by atoms with van der Waals surface area (Å²) in [6.45, 7) is 17.3. The molecule has 4 aliphatic rings. The van der Waals surface area contributed by atoms with Crippen molar-refractivity contribution >= 4 is 23.2 Å². The smallest absolute Gasteiger partial charge is 0.238 e. The molecular formula is C37H55FN2O5. The van der Waals surface area contributed by atoms with E-state index in [0.29, 0.717) is 25.8 Å². The Morgan fingerprint density at radius 3 is 2.27 bits per heavy atom. The van der Waals surface area contributed by atoms with E-state index in [-0.39, 0.29) is 43.2 Å². The SMILES string of the molecule is C.CC(=O)[C@@]1(O)[C@H](C)C[C@H]2C3CCC4=CC(=O)C=CC4(C)[C@@]3(F)[C@@H](O)CC21C.CCN(CC)CC(=O)Nc1c(C)cccc1C. The number of alkyl halides is 1. The van der Waals surface area contributed by atoms with E-state index >= 15 is 4.39 Å². The molecule has 0 spiro atoms. The zero-order valence-corrected chi connectivity index (χ0v) is 27.7. The highest BCUT2D eigenvalue weighted by Gasteiger charge is 2.75. The van der Waals surface area contributed by atoms with Crippen molar-refractivity contribution in [3.8, 4) is 0 Å². The predicted octanol–water partition coefficient (Wildman–Crippen LogP) is 6.14. The zero-order chi connectivity index (χ0) is 32.8. The fourth-order valence-electron chi connectivity index (χ4n) is 9.14. The van der Waals surface area contributed by atoms with Crippen LogP contribution in [0, 0.1) is 42.4 Å². The number of Topliss-reactive ketones (excluding diaryl/α,β-unsaturated/α-hetero) is 1. The molecular weight excluding hydrogens is 571 g/mol. The van der Waals surface area contributed by atoms with Gasteiger partial charge in [0.25, 0.3) is 0 Å². The Morgan fingerprint density at radius 2 is 1.71 bits per heavy atom. The van der Waals surface area contributed by atoms with Crippen LogP contribution in [0.2, 0.25) is 0 Å². The van der Waals surface area contributed by atoms with Crippen LogP contribution >= 0.6 is 0 Å². The van der Waals surface area contributed by atoms with Gasteiger partial charge in [-0.15, -0.1) is 0 Å². The Balaban J connectivity index is 0.000000267. The molecule has 250 valence electrons. The number of hydrogen-bond donors (Lipinski definition) is 3. The summed E-state index contributed by atoms with van der Waals surface area (Å²) in [6.07, 6.45) is 4.93. The van der Waals surface area contributed by atoms with Crippen molar-refractivity contribution in [2.24, 2.45) is 28.6 Å². The first-order chi connectivity index (χ1) is 20.5. The van der Waals surface area contributed by atoms with E-state index < -0.39 is 34.1 Å². The summed E-state index contributed by atoms with van der Waals surface area (Å²) in [7, 11) is 0. The highest BCUT2D eigenvalue weighted by atomic mass is 19.1. The number of carbonyl (C=O) groups is 3. The van der Waals surface area contributed by atoms with Crippen molar-refractivity contribution in [2.75, 3.05) is 25.0 Å². The zero-order valence-electron chi connectivity index (χ0n) is 27.7. The number of para-hydroxylation sites is 1. The topological polar surface area (TPSA) is 107 Å². The Morgan fingerprint density at radius 1 is 1.11 bits per heavy atom. The Hall–Kier alpha value is -2.68. The first-order valence-electron chi connectivity index (χ1n) is 16.1. The van der Waals surface area contributed by atoms with Crippen LogP contribution in [0.4, 0.5) is 10.1 Å². The van der Waals surface area contributed by atoms with Crippen molar-refractivity contribution in [3.63, 3.8) is 0 Å². The first kappa shape index (κ1) is 36.8. The maximum absolute atomic E-state index is 16.8. The second-order valence-electron chi connectivity index (χ2n) is 14.0. The summed E-state index contributed by atoms with van der Waals surface area (Å²) >= 11 is 0. The van der Waals surface area contributed by atoms with Gasteiger partial charge < -0.3 is 15.5 Å². The number of aliphatic hydroxyl groups excluding tert-OH is 1. The number of aliphatic hydroxyl groups is 2. The minimum absolute atomic E-state index is 0. The summed E-state index contributed by atoms with van der Waals surface area (Å²) in [4.78, 5) is 38.2. The Kier molecular flexibility index (Phi) is 10.8. The highest BCUT2D eigenvalue weighted by Crippen LogP contribution is 2.70. The van der Waals surface area contributed by atoms with Gasteiger partial charge in [0.2, 0.25) is 5.91 Å². The molecule has 45 heavy (non-hydrogen) atoms. The fourth-order valence-corrected chi connectivity index (χ4v) is 9.14. The van der Waals surface area contributed by atoms with E-state index in [1.165, 1.54) is 19.1 Å². The molecule has 8 heteroatoms. The van der Waals surface area contributed by atoms with Gasteiger partial charge in [0.05, 0.1) is 12.6 Å². The van der Waals surface area contributed by atoms with Gasteiger partial charge in [0, 0.05) is 22.4 Å². The lowest BCUT2D eigenvalue weighted by atomic mass is 9.44. The molecule has 4 aliphatic carbocycles. The number of halogens is 1. The van der Waals surface area contributed by atoms with Crippen LogP contribution in [0.1, 0.15) is 85.8 Å². The molecule has 7 nitrogen and oxygen atoms in total. The number of rotatable bonds is 6. The molecule has 1 amide bonds. The molecule has 0 radical (unpaired) electrons. The second kappa shape index (κ2) is 13.2. The second-order valence-corrected chi connectivity index (χ2v) is 14.0. The predicted molar refractivity (Wildman–Crippen MR) is 178 cm³/mol. The molecule has 3 N–H and O–H groups in total. The lowest BCUT2D eigenvalue weighted by Gasteiger charge is -2.62. The van der Waals surface area contributed by atoms with E-state index in [1.807, 2.05) is 45.9 Å². The number of amides is 1. The van der Waals surface area contributed by atoms with Crippen LogP contribution in [-0.2, 0) is 14.4 Å². The van der Waals surface area contributed by atoms with Crippen LogP contribution in [0.25, 0.3) is 0 Å². The number of anilines is 1. The van der Waals surface area contributed by atoms with Gasteiger partial charge in [-0.3, -0.25) is 19.3 Å². The van der Waals surface area contributed by atoms with Gasteiger partial charge in [-0.1, -0.05) is 65.0 Å². The lowest BCUT2D eigenvalue weighted by molar-refractivity contribution is -0.218. The van der Waals surface area contributed by atoms with Crippen molar-refractivity contribution in [1.29, 1.82) is 0 Å². The Labute approximate surface area is 269 Å². The van der Waals surface area contributed by atoms with Crippen LogP contribution in [0.15, 0.2) is 42.0 Å². The number of fused-ring (bicyclic) bond motifs is 5. The van der Waals surface area contributed by atoms with Crippen LogP contribution < -0.4 is 5.32 Å². The average molecular weight is 627 g/mol. The number of aryl methyl sites for hydroxylation is 2. The van der Waals surface area contributed by atoms with Gasteiger partial charge in [0.15, 0.2) is 17.2 Å². The number of allylic oxidation sites excluding steroid dienone is 4. The van der Waals surface area contributed by atoms with Crippen LogP contribution in [0.3, 0.4) is 0 Å². The largest absolute Gasteiger partial charge is 0.390 e. The number of ketones is 2. The Bertz CT molecular complexity index is 1350. The number of carbonyl (C=O) groups excluding carboxylic acids is 3. The molecule has 0 aromatic heterocycles. The van der Waals surface area contributed by atoms with Crippen LogP contribution in [0.5, 0.6) is 0 Å². The van der Waals surface area contributed by atoms with Crippen molar-refractivity contribution < 1.29 is 29.0 Å². The molecule has 3 fully saturated rings. The maximum atomic E-state index is 16.8. The lowest BCUT2D eigenvalue weighted by Crippen LogP contribution is -2.69. The molecule has 0 bridgehead atoms. The molecule has 1 aromatic carbocycles. The van der Waals surface area contributed by atoms with E-state index in [4.69, 9.17) is 0 Å². The van der Waals surface area contributed by atoms with Gasteiger partial charge in [-0.05, 0) is 102 Å². The van der Waals surface area contributed by atoms with Crippen molar-refractivity contribution in [1.82, 2.24) is 4.90 Å². The van der Waals surface area contributed by atoms with Crippen molar-refractivity contribution in [3.05, 3.63) is 53.1 Å². The summed E-state index contributed by atoms with van der Waals surface area (Å²) in [5.41, 5.74) is -1.45. The summed E-state index contributed by atoms with van der Waals surface area (Å²) < 4.78 is 16.8. The molecule has 3 unspecified atom stereocenters. The van der Waals surface area contributed by atoms with Gasteiger partial charge in [-0.25, -0.2) is 4.39 Å². The normalized spacial score (nSPS) is 36.4. The van der Waals surface area contributed by atoms with Gasteiger partial charge in [-0.2, -0.15) is 0 Å². The van der Waals surface area contributed by atoms with E-state index in [9.17, 15) is 24.6 Å². The third-order valence-corrected chi connectivity index (χ3v) is 11.8. The summed E-state index contributed by atoms with van der Waals surface area (Å²) in [5, 5.41) is 25.5. The first-order valence-corrected chi connectivity index (χ1v) is 16.1. The molecule has 3 saturated carbocycles. The van der Waals surface area contributed by atoms with Gasteiger partial charge in [0.1, 0.15) is 5.60 Å². The quantitative estimate of drug-likeness (QED) is 0.350. The molecule has 1 aromatic rings. The molecule has 0 heterocycles. The molecule has 0 saturated heterocycles. The third kappa shape index (κ3) is 5.76. The fraction of sp³-hybridized carbons (Fsp3) is 0.649. The van der Waals surface area contributed by atoms with Gasteiger partial charge >= 0.3 is 0 Å². The third-order valence-electron chi connectivity index (χ3n) is 11.8. The maximum Gasteiger partial charge on any atom is 0.238 e. The van der Waals surface area contributed by atoms with Crippen LogP contribution in [-0.4, -0.2) is 69.6 Å². The van der Waals surface area contributed by atoms with E-state index in [2.05, 4.69) is 24.1 Å². The van der Waals surface area contributed by atoms with Crippen molar-refractivity contribution in [2.45, 2.75) is 106 Å². The minimum atomic E-state index is -1.92. The number of likely N-dealkylation sites (N-methyl/N-ethyl adjacent to an activating group) is 1. The molecule has 0 aliphatic heterocycles. The summed E-state index contributed by atoms with van der Waals surface area (Å²) in [5.74, 6) is -1.33.